The van der Waals surface area contributed by atoms with Crippen molar-refractivity contribution in [1.82, 2.24) is 10.6 Å². The topological polar surface area (TPSA) is 54.9 Å². The minimum Gasteiger partial charge on any atom is -0.496 e. The molecule has 0 saturated carbocycles. The molecule has 0 amide bonds. The van der Waals surface area contributed by atoms with E-state index < -0.39 is 0 Å². The molecule has 0 atom stereocenters. The molecular formula is C24H33N3O2. The molecule has 2 aromatic carbocycles. The van der Waals surface area contributed by atoms with Gasteiger partial charge in [0.25, 0.3) is 0 Å². The van der Waals surface area contributed by atoms with Crippen molar-refractivity contribution in [3.05, 3.63) is 65.7 Å². The van der Waals surface area contributed by atoms with Crippen molar-refractivity contribution in [1.29, 1.82) is 0 Å². The third-order valence-electron chi connectivity index (χ3n) is 5.60. The average Bonchev–Trinajstić information content (AvgIpc) is 2.79. The number of rotatable bonds is 8. The Balaban J connectivity index is 1.67. The first-order valence-electron chi connectivity index (χ1n) is 10.5. The number of methoxy groups -OCH3 is 1. The normalized spacial score (nSPS) is 16.3. The van der Waals surface area contributed by atoms with Crippen molar-refractivity contribution >= 4 is 5.96 Å². The molecule has 1 saturated heterocycles. The summed E-state index contributed by atoms with van der Waals surface area (Å²) in [6, 6.07) is 18.9. The molecule has 156 valence electrons. The van der Waals surface area contributed by atoms with Gasteiger partial charge in [0, 0.05) is 31.7 Å². The maximum atomic E-state index is 5.64. The average molecular weight is 396 g/mol. The smallest absolute Gasteiger partial charge is 0.191 e. The number of hydrogen-bond donors (Lipinski definition) is 2. The second kappa shape index (κ2) is 10.9. The van der Waals surface area contributed by atoms with E-state index in [2.05, 4.69) is 54.0 Å². The Morgan fingerprint density at radius 2 is 1.76 bits per heavy atom. The first-order chi connectivity index (χ1) is 14.3. The van der Waals surface area contributed by atoms with Gasteiger partial charge in [-0.1, -0.05) is 48.5 Å². The van der Waals surface area contributed by atoms with E-state index >= 15 is 0 Å². The fraction of sp³-hybridized carbons (Fsp3) is 0.458. The van der Waals surface area contributed by atoms with E-state index in [4.69, 9.17) is 14.5 Å². The van der Waals surface area contributed by atoms with Gasteiger partial charge in [-0.15, -0.1) is 0 Å². The van der Waals surface area contributed by atoms with Crippen LogP contribution in [-0.4, -0.2) is 45.9 Å². The number of benzene rings is 2. The van der Waals surface area contributed by atoms with Crippen LogP contribution in [0.15, 0.2) is 59.6 Å². The molecule has 0 bridgehead atoms. The summed E-state index contributed by atoms with van der Waals surface area (Å²) in [5.41, 5.74) is 2.60. The molecular weight excluding hydrogens is 362 g/mol. The standard InChI is InChI=1S/C24H33N3O2/c1-3-25-23(26-16-13-20-9-7-8-12-22(20)28-2)27-19-24(14-17-29-18-15-24)21-10-5-4-6-11-21/h4-12H,3,13-19H2,1-2H3,(H2,25,26,27). The molecule has 1 heterocycles. The van der Waals surface area contributed by atoms with Crippen LogP contribution in [0.4, 0.5) is 0 Å². The van der Waals surface area contributed by atoms with Crippen LogP contribution < -0.4 is 15.4 Å². The zero-order valence-corrected chi connectivity index (χ0v) is 17.6. The monoisotopic (exact) mass is 395 g/mol. The maximum Gasteiger partial charge on any atom is 0.191 e. The first kappa shape index (κ1) is 21.2. The molecule has 1 aliphatic rings. The summed E-state index contributed by atoms with van der Waals surface area (Å²) in [5, 5.41) is 6.86. The minimum absolute atomic E-state index is 0.0461. The van der Waals surface area contributed by atoms with Crippen LogP contribution in [0.1, 0.15) is 30.9 Å². The SMILES string of the molecule is CCNC(=NCC1(c2ccccc2)CCOCC1)NCCc1ccccc1OC. The third-order valence-corrected chi connectivity index (χ3v) is 5.60. The Morgan fingerprint density at radius 3 is 2.48 bits per heavy atom. The van der Waals surface area contributed by atoms with E-state index in [1.54, 1.807) is 7.11 Å². The van der Waals surface area contributed by atoms with Gasteiger partial charge in [0.05, 0.1) is 13.7 Å². The van der Waals surface area contributed by atoms with Crippen LogP contribution in [0.5, 0.6) is 5.75 Å². The molecule has 0 spiro atoms. The molecule has 0 aromatic heterocycles. The van der Waals surface area contributed by atoms with Crippen molar-refractivity contribution < 1.29 is 9.47 Å². The largest absolute Gasteiger partial charge is 0.496 e. The lowest BCUT2D eigenvalue weighted by molar-refractivity contribution is 0.0531. The van der Waals surface area contributed by atoms with E-state index in [0.717, 1.165) is 63.8 Å². The van der Waals surface area contributed by atoms with Crippen LogP contribution in [-0.2, 0) is 16.6 Å². The van der Waals surface area contributed by atoms with Crippen LogP contribution in [0.3, 0.4) is 0 Å². The van der Waals surface area contributed by atoms with E-state index in [1.165, 1.54) is 11.1 Å². The highest BCUT2D eigenvalue weighted by Crippen LogP contribution is 2.35. The van der Waals surface area contributed by atoms with E-state index in [1.807, 2.05) is 18.2 Å². The Morgan fingerprint density at radius 1 is 1.03 bits per heavy atom. The van der Waals surface area contributed by atoms with Gasteiger partial charge in [-0.05, 0) is 43.4 Å². The molecule has 5 nitrogen and oxygen atoms in total. The number of para-hydroxylation sites is 1. The highest BCUT2D eigenvalue weighted by Gasteiger charge is 2.34. The molecule has 0 unspecified atom stereocenters. The number of guanidine groups is 1. The predicted molar refractivity (Wildman–Crippen MR) is 119 cm³/mol. The molecule has 5 heteroatoms. The van der Waals surface area contributed by atoms with Crippen LogP contribution in [0.2, 0.25) is 0 Å². The lowest BCUT2D eigenvalue weighted by atomic mass is 9.74. The van der Waals surface area contributed by atoms with Crippen LogP contribution in [0.25, 0.3) is 0 Å². The fourth-order valence-corrected chi connectivity index (χ4v) is 3.89. The minimum atomic E-state index is 0.0461. The highest BCUT2D eigenvalue weighted by atomic mass is 16.5. The molecule has 0 radical (unpaired) electrons. The zero-order valence-electron chi connectivity index (χ0n) is 17.6. The fourth-order valence-electron chi connectivity index (χ4n) is 3.89. The number of ether oxygens (including phenoxy) is 2. The molecule has 29 heavy (non-hydrogen) atoms. The lowest BCUT2D eigenvalue weighted by Crippen LogP contribution is -2.41. The summed E-state index contributed by atoms with van der Waals surface area (Å²) in [6.45, 7) is 6.07. The molecule has 0 aliphatic carbocycles. The number of hydrogen-bond acceptors (Lipinski definition) is 3. The van der Waals surface area contributed by atoms with Gasteiger partial charge >= 0.3 is 0 Å². The maximum absolute atomic E-state index is 5.64. The van der Waals surface area contributed by atoms with Gasteiger partial charge in [0.1, 0.15) is 5.75 Å². The summed E-state index contributed by atoms with van der Waals surface area (Å²) in [4.78, 5) is 4.97. The number of nitrogens with one attached hydrogen (secondary N) is 2. The Hall–Kier alpha value is -2.53. The van der Waals surface area contributed by atoms with E-state index in [9.17, 15) is 0 Å². The van der Waals surface area contributed by atoms with Crippen molar-refractivity contribution in [2.24, 2.45) is 4.99 Å². The summed E-state index contributed by atoms with van der Waals surface area (Å²) in [6.07, 6.45) is 2.88. The molecule has 2 N–H and O–H groups in total. The van der Waals surface area contributed by atoms with Gasteiger partial charge < -0.3 is 20.1 Å². The Bertz CT molecular complexity index is 771. The van der Waals surface area contributed by atoms with Crippen molar-refractivity contribution in [3.8, 4) is 5.75 Å². The Kier molecular flexibility index (Phi) is 7.94. The van der Waals surface area contributed by atoms with E-state index in [0.29, 0.717) is 0 Å². The first-order valence-corrected chi connectivity index (χ1v) is 10.5. The number of aliphatic imine (C=N–C) groups is 1. The molecule has 2 aromatic rings. The van der Waals surface area contributed by atoms with Gasteiger partial charge in [0.15, 0.2) is 5.96 Å². The van der Waals surface area contributed by atoms with Crippen LogP contribution >= 0.6 is 0 Å². The lowest BCUT2D eigenvalue weighted by Gasteiger charge is -2.36. The second-order valence-corrected chi connectivity index (χ2v) is 7.44. The van der Waals surface area contributed by atoms with Gasteiger partial charge in [-0.25, -0.2) is 0 Å². The van der Waals surface area contributed by atoms with Crippen molar-refractivity contribution in [2.75, 3.05) is 40.0 Å². The van der Waals surface area contributed by atoms with Crippen LogP contribution in [0, 0.1) is 0 Å². The summed E-state index contributed by atoms with van der Waals surface area (Å²) in [7, 11) is 1.72. The quantitative estimate of drug-likeness (QED) is 0.530. The van der Waals surface area contributed by atoms with Gasteiger partial charge in [-0.3, -0.25) is 4.99 Å². The second-order valence-electron chi connectivity index (χ2n) is 7.44. The van der Waals surface area contributed by atoms with Crippen molar-refractivity contribution in [3.63, 3.8) is 0 Å². The predicted octanol–water partition coefficient (Wildman–Crippen LogP) is 3.54. The summed E-state index contributed by atoms with van der Waals surface area (Å²) in [5.74, 6) is 1.80. The Labute approximate surface area is 174 Å². The summed E-state index contributed by atoms with van der Waals surface area (Å²) >= 11 is 0. The molecule has 3 rings (SSSR count). The van der Waals surface area contributed by atoms with Crippen molar-refractivity contribution in [2.45, 2.75) is 31.6 Å². The zero-order chi connectivity index (χ0) is 20.4. The molecule has 1 fully saturated rings. The highest BCUT2D eigenvalue weighted by molar-refractivity contribution is 5.79. The number of nitrogens with zero attached hydrogens (tertiary/aromatic N) is 1. The molecule has 1 aliphatic heterocycles. The van der Waals surface area contributed by atoms with E-state index in [-0.39, 0.29) is 5.41 Å². The summed E-state index contributed by atoms with van der Waals surface area (Å²) < 4.78 is 11.1. The van der Waals surface area contributed by atoms with Gasteiger partial charge in [-0.2, -0.15) is 0 Å². The van der Waals surface area contributed by atoms with Gasteiger partial charge in [0.2, 0.25) is 0 Å². The third kappa shape index (κ3) is 5.73.